The number of rotatable bonds is 9. The third kappa shape index (κ3) is 7.35. The molecule has 1 aromatic carbocycles. The molecule has 1 atom stereocenters. The predicted molar refractivity (Wildman–Crippen MR) is 138 cm³/mol. The lowest BCUT2D eigenvalue weighted by atomic mass is 9.91. The molecule has 1 fully saturated rings. The molecule has 0 spiro atoms. The van der Waals surface area contributed by atoms with Crippen molar-refractivity contribution in [1.82, 2.24) is 24.8 Å². The van der Waals surface area contributed by atoms with E-state index < -0.39 is 16.1 Å². The Kier molecular flexibility index (Phi) is 8.38. The first-order valence-electron chi connectivity index (χ1n) is 12.4. The van der Waals surface area contributed by atoms with E-state index in [1.807, 2.05) is 23.1 Å². The van der Waals surface area contributed by atoms with E-state index in [9.17, 15) is 18.0 Å². The smallest absolute Gasteiger partial charge is 0.251 e. The lowest BCUT2D eigenvalue weighted by Gasteiger charge is -2.31. The van der Waals surface area contributed by atoms with E-state index in [1.54, 1.807) is 19.2 Å². The number of aromatic nitrogens is 1. The normalized spacial score (nSPS) is 17.6. The minimum Gasteiger partial charge on any atom is -0.350 e. The van der Waals surface area contributed by atoms with Crippen LogP contribution in [0.1, 0.15) is 46.9 Å². The van der Waals surface area contributed by atoms with Crippen molar-refractivity contribution < 1.29 is 18.0 Å². The molecule has 0 bridgehead atoms. The second-order valence-corrected chi connectivity index (χ2v) is 11.7. The number of benzene rings is 1. The van der Waals surface area contributed by atoms with Gasteiger partial charge in [-0.1, -0.05) is 24.3 Å². The van der Waals surface area contributed by atoms with Gasteiger partial charge >= 0.3 is 0 Å². The van der Waals surface area contributed by atoms with E-state index in [-0.39, 0.29) is 18.4 Å². The van der Waals surface area contributed by atoms with Crippen molar-refractivity contribution in [3.8, 4) is 0 Å². The summed E-state index contributed by atoms with van der Waals surface area (Å²) in [6.07, 6.45) is 5.40. The fraction of sp³-hybridized carbons (Fsp3) is 0.500. The molecule has 4 rings (SSSR count). The summed E-state index contributed by atoms with van der Waals surface area (Å²) in [5.74, 6) is 0.289. The van der Waals surface area contributed by atoms with Crippen molar-refractivity contribution >= 4 is 21.8 Å². The quantitative estimate of drug-likeness (QED) is 0.526. The number of fused-ring (bicyclic) bond motifs is 1. The number of likely N-dealkylation sites (tertiary alicyclic amines) is 1. The number of nitrogens with one attached hydrogen (secondary N) is 2. The Balaban J connectivity index is 1.32. The first-order valence-corrected chi connectivity index (χ1v) is 14.3. The van der Waals surface area contributed by atoms with Crippen molar-refractivity contribution in [2.45, 2.75) is 45.3 Å². The van der Waals surface area contributed by atoms with E-state index >= 15 is 0 Å². The maximum Gasteiger partial charge on any atom is 0.251 e. The molecule has 0 radical (unpaired) electrons. The molecule has 9 nitrogen and oxygen atoms in total. The minimum absolute atomic E-state index is 0.114. The maximum atomic E-state index is 12.9. The van der Waals surface area contributed by atoms with E-state index in [4.69, 9.17) is 0 Å². The van der Waals surface area contributed by atoms with E-state index in [0.29, 0.717) is 18.0 Å². The van der Waals surface area contributed by atoms with Crippen LogP contribution in [0.15, 0.2) is 42.6 Å². The van der Waals surface area contributed by atoms with Gasteiger partial charge in [0.25, 0.3) is 5.91 Å². The van der Waals surface area contributed by atoms with Gasteiger partial charge in [0.05, 0.1) is 12.3 Å². The third-order valence-corrected chi connectivity index (χ3v) is 7.67. The molecule has 36 heavy (non-hydrogen) atoms. The van der Waals surface area contributed by atoms with Crippen LogP contribution < -0.4 is 10.0 Å². The maximum absolute atomic E-state index is 12.9. The van der Waals surface area contributed by atoms with Crippen LogP contribution in [0.25, 0.3) is 0 Å². The summed E-state index contributed by atoms with van der Waals surface area (Å²) >= 11 is 0. The van der Waals surface area contributed by atoms with Gasteiger partial charge in [0.2, 0.25) is 15.9 Å². The fourth-order valence-corrected chi connectivity index (χ4v) is 5.85. The highest BCUT2D eigenvalue weighted by Crippen LogP contribution is 2.23. The summed E-state index contributed by atoms with van der Waals surface area (Å²) in [4.78, 5) is 33.0. The lowest BCUT2D eigenvalue weighted by molar-refractivity contribution is -0.130. The lowest BCUT2D eigenvalue weighted by Crippen LogP contribution is -2.48. The van der Waals surface area contributed by atoms with Gasteiger partial charge in [-0.15, -0.1) is 0 Å². The number of carbonyl (C=O) groups excluding carboxylic acids is 2. The number of sulfonamides is 1. The molecule has 0 saturated carbocycles. The van der Waals surface area contributed by atoms with Gasteiger partial charge in [-0.3, -0.25) is 19.5 Å². The largest absolute Gasteiger partial charge is 0.350 e. The van der Waals surface area contributed by atoms with Crippen LogP contribution in [-0.2, 0) is 34.3 Å². The SMILES string of the molecule is CC(=O)N1CCC(Cc2cc(C(=O)NC[C@@H](CN3Cc4ccccc4C3)NS(C)(=O)=O)ccn2)CC1. The number of carbonyl (C=O) groups is 2. The molecule has 0 unspecified atom stereocenters. The fourth-order valence-electron chi connectivity index (χ4n) is 5.09. The van der Waals surface area contributed by atoms with Crippen LogP contribution in [0.3, 0.4) is 0 Å². The van der Waals surface area contributed by atoms with Gasteiger partial charge in [0.15, 0.2) is 0 Å². The predicted octanol–water partition coefficient (Wildman–Crippen LogP) is 1.55. The Hall–Kier alpha value is -2.82. The molecule has 1 aromatic heterocycles. The van der Waals surface area contributed by atoms with Crippen LogP contribution in [0.5, 0.6) is 0 Å². The molecule has 1 saturated heterocycles. The second kappa shape index (κ2) is 11.5. The number of pyridine rings is 1. The highest BCUT2D eigenvalue weighted by Gasteiger charge is 2.25. The topological polar surface area (TPSA) is 112 Å². The van der Waals surface area contributed by atoms with Gasteiger partial charge in [0, 0.05) is 63.6 Å². The number of nitrogens with zero attached hydrogens (tertiary/aromatic N) is 3. The Morgan fingerprint density at radius 1 is 1.11 bits per heavy atom. The molecular weight excluding hydrogens is 478 g/mol. The number of hydrogen-bond donors (Lipinski definition) is 2. The molecular formula is C26H35N5O4S. The van der Waals surface area contributed by atoms with Crippen molar-refractivity contribution in [3.63, 3.8) is 0 Å². The molecule has 2 aliphatic rings. The number of piperidine rings is 1. The summed E-state index contributed by atoms with van der Waals surface area (Å²) in [6, 6.07) is 11.2. The first-order chi connectivity index (χ1) is 17.2. The minimum atomic E-state index is -3.44. The van der Waals surface area contributed by atoms with Gasteiger partial charge in [-0.05, 0) is 48.4 Å². The highest BCUT2D eigenvalue weighted by atomic mass is 32.2. The number of amides is 2. The molecule has 2 amide bonds. The second-order valence-electron chi connectivity index (χ2n) is 9.92. The van der Waals surface area contributed by atoms with Crippen LogP contribution in [0.4, 0.5) is 0 Å². The Morgan fingerprint density at radius 3 is 2.39 bits per heavy atom. The van der Waals surface area contributed by atoms with Crippen LogP contribution in [0, 0.1) is 5.92 Å². The standard InChI is InChI=1S/C26H35N5O4S/c1-19(32)31-11-8-20(9-12-31)13-24-14-21(7-10-27-24)26(33)28-15-25(29-36(2,34)35)18-30-16-22-5-3-4-6-23(22)17-30/h3-7,10,14,20,25,29H,8-9,11-13,15-18H2,1-2H3,(H,28,33)/t25-/m0/s1. The van der Waals surface area contributed by atoms with Crippen molar-refractivity contribution in [2.75, 3.05) is 32.4 Å². The van der Waals surface area contributed by atoms with Gasteiger partial charge in [-0.25, -0.2) is 13.1 Å². The molecule has 3 heterocycles. The van der Waals surface area contributed by atoms with Gasteiger partial charge in [-0.2, -0.15) is 0 Å². The average Bonchev–Trinajstić information content (AvgIpc) is 3.24. The third-order valence-electron chi connectivity index (χ3n) is 6.91. The van der Waals surface area contributed by atoms with Crippen molar-refractivity contribution in [3.05, 3.63) is 65.0 Å². The van der Waals surface area contributed by atoms with Crippen LogP contribution in [0.2, 0.25) is 0 Å². The van der Waals surface area contributed by atoms with E-state index in [1.165, 1.54) is 11.1 Å². The summed E-state index contributed by atoms with van der Waals surface area (Å²) in [7, 11) is -3.44. The molecule has 0 aliphatic carbocycles. The first kappa shape index (κ1) is 26.2. The molecule has 2 aliphatic heterocycles. The van der Waals surface area contributed by atoms with Crippen LogP contribution >= 0.6 is 0 Å². The molecule has 10 heteroatoms. The van der Waals surface area contributed by atoms with Gasteiger partial charge < -0.3 is 10.2 Å². The number of hydrogen-bond acceptors (Lipinski definition) is 6. The average molecular weight is 514 g/mol. The molecule has 2 aromatic rings. The Morgan fingerprint density at radius 2 is 1.78 bits per heavy atom. The Labute approximate surface area is 213 Å². The van der Waals surface area contributed by atoms with Crippen LogP contribution in [-0.4, -0.2) is 73.5 Å². The summed E-state index contributed by atoms with van der Waals surface area (Å²) in [6.45, 7) is 5.30. The zero-order valence-electron chi connectivity index (χ0n) is 20.9. The van der Waals surface area contributed by atoms with E-state index in [0.717, 1.165) is 57.4 Å². The summed E-state index contributed by atoms with van der Waals surface area (Å²) < 4.78 is 26.6. The van der Waals surface area contributed by atoms with Crippen molar-refractivity contribution in [2.24, 2.45) is 5.92 Å². The summed E-state index contributed by atoms with van der Waals surface area (Å²) in [5.41, 5.74) is 3.85. The van der Waals surface area contributed by atoms with Gasteiger partial charge in [0.1, 0.15) is 0 Å². The summed E-state index contributed by atoms with van der Waals surface area (Å²) in [5, 5.41) is 2.90. The molecule has 2 N–H and O–H groups in total. The zero-order chi connectivity index (χ0) is 25.7. The Bertz CT molecular complexity index is 1170. The molecule has 194 valence electrons. The highest BCUT2D eigenvalue weighted by molar-refractivity contribution is 7.88. The zero-order valence-corrected chi connectivity index (χ0v) is 21.8. The van der Waals surface area contributed by atoms with E-state index in [2.05, 4.69) is 32.1 Å². The monoisotopic (exact) mass is 513 g/mol. The van der Waals surface area contributed by atoms with Crippen molar-refractivity contribution in [1.29, 1.82) is 0 Å².